The molecule has 3 amide bonds. The number of nitrogens with zero attached hydrogens (tertiary/aromatic N) is 3. The molecular weight excluding hydrogens is 366 g/mol. The van der Waals surface area contributed by atoms with E-state index >= 15 is 0 Å². The lowest BCUT2D eigenvalue weighted by Gasteiger charge is -2.39. The average molecular weight is 391 g/mol. The standard InChI is InChI=1S/C23H25N3O3/c1-24-14-15-25(16-20(24)17-8-3-2-4-9-17)21(27)12-7-13-26-22(28)18-10-5-6-11-19(18)23(26)29/h2-6,8-11,20H,7,12-16H2,1H3. The van der Waals surface area contributed by atoms with Crippen LogP contribution in [-0.4, -0.2) is 65.6 Å². The van der Waals surface area contributed by atoms with Crippen molar-refractivity contribution in [3.05, 3.63) is 71.3 Å². The van der Waals surface area contributed by atoms with Crippen LogP contribution in [0.2, 0.25) is 0 Å². The number of hydrogen-bond donors (Lipinski definition) is 0. The maximum atomic E-state index is 12.8. The van der Waals surface area contributed by atoms with Crippen LogP contribution in [0.4, 0.5) is 0 Å². The Hall–Kier alpha value is -2.99. The molecule has 0 aromatic heterocycles. The summed E-state index contributed by atoms with van der Waals surface area (Å²) < 4.78 is 0. The molecule has 1 atom stereocenters. The number of carbonyl (C=O) groups excluding carboxylic acids is 3. The van der Waals surface area contributed by atoms with Gasteiger partial charge in [0.2, 0.25) is 5.91 Å². The van der Waals surface area contributed by atoms with Crippen LogP contribution in [-0.2, 0) is 4.79 Å². The number of hydrogen-bond acceptors (Lipinski definition) is 4. The number of rotatable bonds is 5. The molecule has 150 valence electrons. The molecule has 1 fully saturated rings. The van der Waals surface area contributed by atoms with Crippen molar-refractivity contribution in [1.82, 2.24) is 14.7 Å². The van der Waals surface area contributed by atoms with Crippen molar-refractivity contribution in [2.45, 2.75) is 18.9 Å². The molecule has 0 radical (unpaired) electrons. The van der Waals surface area contributed by atoms with Gasteiger partial charge in [-0.2, -0.15) is 0 Å². The van der Waals surface area contributed by atoms with Gasteiger partial charge < -0.3 is 4.90 Å². The van der Waals surface area contributed by atoms with Crippen LogP contribution in [0.5, 0.6) is 0 Å². The molecule has 0 spiro atoms. The van der Waals surface area contributed by atoms with E-state index in [1.807, 2.05) is 23.1 Å². The zero-order chi connectivity index (χ0) is 20.4. The van der Waals surface area contributed by atoms with Gasteiger partial charge in [0.1, 0.15) is 0 Å². The largest absolute Gasteiger partial charge is 0.339 e. The molecule has 0 saturated carbocycles. The van der Waals surface area contributed by atoms with Gasteiger partial charge >= 0.3 is 0 Å². The lowest BCUT2D eigenvalue weighted by Crippen LogP contribution is -2.49. The van der Waals surface area contributed by atoms with Gasteiger partial charge in [0, 0.05) is 32.6 Å². The maximum Gasteiger partial charge on any atom is 0.261 e. The minimum Gasteiger partial charge on any atom is -0.339 e. The number of imide groups is 1. The third-order valence-electron chi connectivity index (χ3n) is 5.84. The first-order valence-corrected chi connectivity index (χ1v) is 10.0. The van der Waals surface area contributed by atoms with Crippen molar-refractivity contribution < 1.29 is 14.4 Å². The molecule has 0 aliphatic carbocycles. The summed E-state index contributed by atoms with van der Waals surface area (Å²) in [6.07, 6.45) is 0.811. The molecule has 6 heteroatoms. The van der Waals surface area contributed by atoms with E-state index in [1.165, 1.54) is 10.5 Å². The lowest BCUT2D eigenvalue weighted by atomic mass is 10.0. The highest BCUT2D eigenvalue weighted by molar-refractivity contribution is 6.21. The molecule has 2 aliphatic rings. The normalized spacial score (nSPS) is 19.6. The van der Waals surface area contributed by atoms with Crippen LogP contribution in [0.1, 0.15) is 45.2 Å². The molecule has 1 unspecified atom stereocenters. The Balaban J connectivity index is 1.32. The molecule has 6 nitrogen and oxygen atoms in total. The van der Waals surface area contributed by atoms with E-state index in [1.54, 1.807) is 24.3 Å². The number of piperazine rings is 1. The second kappa shape index (κ2) is 8.17. The summed E-state index contributed by atoms with van der Waals surface area (Å²) in [4.78, 5) is 43.0. The highest BCUT2D eigenvalue weighted by Crippen LogP contribution is 2.25. The summed E-state index contributed by atoms with van der Waals surface area (Å²) in [7, 11) is 2.09. The SMILES string of the molecule is CN1CCN(C(=O)CCCN2C(=O)c3ccccc3C2=O)CC1c1ccccc1. The van der Waals surface area contributed by atoms with E-state index in [4.69, 9.17) is 0 Å². The zero-order valence-corrected chi connectivity index (χ0v) is 16.6. The van der Waals surface area contributed by atoms with Crippen LogP contribution < -0.4 is 0 Å². The number of benzene rings is 2. The minimum atomic E-state index is -0.262. The summed E-state index contributed by atoms with van der Waals surface area (Å²) in [5.74, 6) is -0.445. The third kappa shape index (κ3) is 3.80. The Morgan fingerprint density at radius 3 is 2.21 bits per heavy atom. The van der Waals surface area contributed by atoms with Gasteiger partial charge in [0.05, 0.1) is 17.2 Å². The predicted octanol–water partition coefficient (Wildman–Crippen LogP) is 2.58. The Bertz CT molecular complexity index is 893. The van der Waals surface area contributed by atoms with Crippen LogP contribution in [0.15, 0.2) is 54.6 Å². The molecule has 1 saturated heterocycles. The van der Waals surface area contributed by atoms with Crippen molar-refractivity contribution >= 4 is 17.7 Å². The number of carbonyl (C=O) groups is 3. The molecule has 29 heavy (non-hydrogen) atoms. The van der Waals surface area contributed by atoms with Gasteiger partial charge in [-0.3, -0.25) is 24.2 Å². The summed E-state index contributed by atoms with van der Waals surface area (Å²) in [5.41, 5.74) is 2.11. The van der Waals surface area contributed by atoms with Gasteiger partial charge in [-0.1, -0.05) is 42.5 Å². The first-order valence-electron chi connectivity index (χ1n) is 10.0. The van der Waals surface area contributed by atoms with Crippen molar-refractivity contribution in [3.8, 4) is 0 Å². The van der Waals surface area contributed by atoms with E-state index in [0.717, 1.165) is 6.54 Å². The number of amides is 3. The highest BCUT2D eigenvalue weighted by atomic mass is 16.2. The fourth-order valence-electron chi connectivity index (χ4n) is 4.12. The smallest absolute Gasteiger partial charge is 0.261 e. The van der Waals surface area contributed by atoms with E-state index < -0.39 is 0 Å². The number of fused-ring (bicyclic) bond motifs is 1. The van der Waals surface area contributed by atoms with Crippen LogP contribution in [0.3, 0.4) is 0 Å². The Kier molecular flexibility index (Phi) is 5.45. The van der Waals surface area contributed by atoms with E-state index in [-0.39, 0.29) is 30.3 Å². The monoisotopic (exact) mass is 391 g/mol. The quantitative estimate of drug-likeness (QED) is 0.735. The first-order chi connectivity index (χ1) is 14.1. The molecular formula is C23H25N3O3. The Morgan fingerprint density at radius 2 is 1.55 bits per heavy atom. The molecule has 2 heterocycles. The van der Waals surface area contributed by atoms with Gasteiger partial charge in [0.15, 0.2) is 0 Å². The van der Waals surface area contributed by atoms with Crippen molar-refractivity contribution in [3.63, 3.8) is 0 Å². The second-order valence-corrected chi connectivity index (χ2v) is 7.66. The minimum absolute atomic E-state index is 0.0793. The van der Waals surface area contributed by atoms with Gasteiger partial charge in [-0.15, -0.1) is 0 Å². The van der Waals surface area contributed by atoms with Crippen molar-refractivity contribution in [2.24, 2.45) is 0 Å². The topological polar surface area (TPSA) is 60.9 Å². The van der Waals surface area contributed by atoms with Crippen LogP contribution in [0.25, 0.3) is 0 Å². The average Bonchev–Trinajstić information content (AvgIpc) is 2.99. The fraction of sp³-hybridized carbons (Fsp3) is 0.348. The van der Waals surface area contributed by atoms with Gasteiger partial charge in [-0.25, -0.2) is 0 Å². The van der Waals surface area contributed by atoms with Crippen LogP contribution >= 0.6 is 0 Å². The second-order valence-electron chi connectivity index (χ2n) is 7.66. The summed E-state index contributed by atoms with van der Waals surface area (Å²) in [6, 6.07) is 17.3. The predicted molar refractivity (Wildman–Crippen MR) is 109 cm³/mol. The van der Waals surface area contributed by atoms with E-state index in [9.17, 15) is 14.4 Å². The molecule has 0 bridgehead atoms. The Morgan fingerprint density at radius 1 is 0.931 bits per heavy atom. The molecule has 2 aliphatic heterocycles. The summed E-state index contributed by atoms with van der Waals surface area (Å²) in [5, 5.41) is 0. The highest BCUT2D eigenvalue weighted by Gasteiger charge is 2.35. The van der Waals surface area contributed by atoms with Crippen molar-refractivity contribution in [2.75, 3.05) is 33.2 Å². The molecule has 4 rings (SSSR count). The van der Waals surface area contributed by atoms with Gasteiger partial charge in [-0.05, 0) is 31.2 Å². The third-order valence-corrected chi connectivity index (χ3v) is 5.84. The lowest BCUT2D eigenvalue weighted by molar-refractivity contribution is -0.134. The molecule has 2 aromatic rings. The number of likely N-dealkylation sites (N-methyl/N-ethyl adjacent to an activating group) is 1. The zero-order valence-electron chi connectivity index (χ0n) is 16.6. The molecule has 2 aromatic carbocycles. The van der Waals surface area contributed by atoms with Gasteiger partial charge in [0.25, 0.3) is 11.8 Å². The maximum absolute atomic E-state index is 12.8. The van der Waals surface area contributed by atoms with Crippen molar-refractivity contribution in [1.29, 1.82) is 0 Å². The summed E-state index contributed by atoms with van der Waals surface area (Å²) in [6.45, 7) is 2.45. The Labute approximate surface area is 170 Å². The first kappa shape index (κ1) is 19.3. The van der Waals surface area contributed by atoms with Crippen LogP contribution in [0, 0.1) is 0 Å². The van der Waals surface area contributed by atoms with E-state index in [0.29, 0.717) is 37.1 Å². The molecule has 0 N–H and O–H groups in total. The van der Waals surface area contributed by atoms with E-state index in [2.05, 4.69) is 24.1 Å². The fourth-order valence-corrected chi connectivity index (χ4v) is 4.12. The summed E-state index contributed by atoms with van der Waals surface area (Å²) >= 11 is 0.